The smallest absolute Gasteiger partial charge is 0.0678 e. The molecular weight excluding hydrogens is 286 g/mol. The zero-order valence-corrected chi connectivity index (χ0v) is 15.5. The third kappa shape index (κ3) is 5.15. The van der Waals surface area contributed by atoms with Gasteiger partial charge in [0, 0.05) is 38.8 Å². The second kappa shape index (κ2) is 8.28. The summed E-state index contributed by atoms with van der Waals surface area (Å²) in [6.07, 6.45) is 6.35. The van der Waals surface area contributed by atoms with Crippen molar-refractivity contribution in [3.8, 4) is 0 Å². The highest BCUT2D eigenvalue weighted by molar-refractivity contribution is 4.85. The van der Waals surface area contributed by atoms with E-state index in [1.807, 2.05) is 0 Å². The van der Waals surface area contributed by atoms with Crippen LogP contribution in [0.25, 0.3) is 0 Å². The molecule has 0 aromatic heterocycles. The van der Waals surface area contributed by atoms with Crippen LogP contribution in [0.2, 0.25) is 0 Å². The Labute approximate surface area is 143 Å². The van der Waals surface area contributed by atoms with Crippen molar-refractivity contribution in [1.82, 2.24) is 14.7 Å². The molecule has 3 rings (SSSR count). The van der Waals surface area contributed by atoms with E-state index in [-0.39, 0.29) is 0 Å². The number of hydrogen-bond acceptors (Lipinski definition) is 4. The summed E-state index contributed by atoms with van der Waals surface area (Å²) in [4.78, 5) is 8.10. The number of ether oxygens (including phenoxy) is 1. The summed E-state index contributed by atoms with van der Waals surface area (Å²) in [5, 5.41) is 0. The molecule has 0 radical (unpaired) electrons. The maximum absolute atomic E-state index is 5.88. The van der Waals surface area contributed by atoms with Gasteiger partial charge in [-0.2, -0.15) is 0 Å². The highest BCUT2D eigenvalue weighted by Gasteiger charge is 2.30. The van der Waals surface area contributed by atoms with Crippen LogP contribution in [0.1, 0.15) is 46.5 Å². The van der Waals surface area contributed by atoms with Crippen molar-refractivity contribution in [2.45, 2.75) is 64.7 Å². The van der Waals surface area contributed by atoms with Crippen molar-refractivity contribution in [1.29, 1.82) is 0 Å². The molecule has 3 heterocycles. The SMILES string of the molecule is CC1CCN(CCN2CCCC2CN2CC(C)OC(C)C2)CC1. The molecule has 0 spiro atoms. The Morgan fingerprint density at radius 1 is 0.826 bits per heavy atom. The maximum Gasteiger partial charge on any atom is 0.0678 e. The van der Waals surface area contributed by atoms with Gasteiger partial charge in [-0.3, -0.25) is 9.80 Å². The molecule has 0 aromatic carbocycles. The van der Waals surface area contributed by atoms with Gasteiger partial charge in [-0.05, 0) is 65.1 Å². The van der Waals surface area contributed by atoms with Gasteiger partial charge in [0.2, 0.25) is 0 Å². The van der Waals surface area contributed by atoms with Crippen molar-refractivity contribution < 1.29 is 4.74 Å². The van der Waals surface area contributed by atoms with Gasteiger partial charge in [0.05, 0.1) is 12.2 Å². The van der Waals surface area contributed by atoms with Crippen molar-refractivity contribution in [2.75, 3.05) is 52.4 Å². The first-order valence-electron chi connectivity index (χ1n) is 9.94. The molecular formula is C19H37N3O. The minimum atomic E-state index is 0.393. The Morgan fingerprint density at radius 3 is 2.22 bits per heavy atom. The molecule has 3 unspecified atom stereocenters. The molecule has 4 nitrogen and oxygen atoms in total. The summed E-state index contributed by atoms with van der Waals surface area (Å²) in [5.41, 5.74) is 0. The number of rotatable bonds is 5. The fourth-order valence-corrected chi connectivity index (χ4v) is 4.68. The van der Waals surface area contributed by atoms with Crippen molar-refractivity contribution in [2.24, 2.45) is 5.92 Å². The van der Waals surface area contributed by atoms with Gasteiger partial charge >= 0.3 is 0 Å². The van der Waals surface area contributed by atoms with Crippen LogP contribution in [0.5, 0.6) is 0 Å². The van der Waals surface area contributed by atoms with Gasteiger partial charge in [-0.15, -0.1) is 0 Å². The molecule has 3 atom stereocenters. The highest BCUT2D eigenvalue weighted by atomic mass is 16.5. The predicted octanol–water partition coefficient (Wildman–Crippen LogP) is 2.29. The van der Waals surface area contributed by atoms with Gasteiger partial charge in [0.25, 0.3) is 0 Å². The Bertz CT molecular complexity index is 347. The lowest BCUT2D eigenvalue weighted by molar-refractivity contribution is -0.0723. The number of hydrogen-bond donors (Lipinski definition) is 0. The highest BCUT2D eigenvalue weighted by Crippen LogP contribution is 2.21. The summed E-state index contributed by atoms with van der Waals surface area (Å²) in [6.45, 7) is 16.8. The standard InChI is InChI=1S/C19H37N3O/c1-16-6-9-20(10-7-16)11-12-22-8-4-5-19(22)15-21-13-17(2)23-18(3)14-21/h16-19H,4-15H2,1-3H3. The molecule has 0 saturated carbocycles. The summed E-state index contributed by atoms with van der Waals surface area (Å²) in [7, 11) is 0. The molecule has 4 heteroatoms. The second-order valence-electron chi connectivity index (χ2n) is 8.33. The van der Waals surface area contributed by atoms with Gasteiger partial charge in [-0.1, -0.05) is 6.92 Å². The van der Waals surface area contributed by atoms with Crippen LogP contribution in [-0.2, 0) is 4.74 Å². The van der Waals surface area contributed by atoms with E-state index in [2.05, 4.69) is 35.5 Å². The van der Waals surface area contributed by atoms with E-state index >= 15 is 0 Å². The lowest BCUT2D eigenvalue weighted by atomic mass is 9.99. The lowest BCUT2D eigenvalue weighted by Gasteiger charge is -2.39. The van der Waals surface area contributed by atoms with Gasteiger partial charge in [0.15, 0.2) is 0 Å². The zero-order chi connectivity index (χ0) is 16.2. The topological polar surface area (TPSA) is 19.0 Å². The molecule has 23 heavy (non-hydrogen) atoms. The molecule has 3 aliphatic rings. The molecule has 0 N–H and O–H groups in total. The normalized spacial score (nSPS) is 35.9. The van der Waals surface area contributed by atoms with Crippen LogP contribution >= 0.6 is 0 Å². The Morgan fingerprint density at radius 2 is 1.52 bits per heavy atom. The Kier molecular flexibility index (Phi) is 6.36. The van der Waals surface area contributed by atoms with Crippen LogP contribution in [0, 0.1) is 5.92 Å². The van der Waals surface area contributed by atoms with E-state index in [4.69, 9.17) is 4.74 Å². The van der Waals surface area contributed by atoms with Crippen molar-refractivity contribution >= 4 is 0 Å². The molecule has 0 aliphatic carbocycles. The van der Waals surface area contributed by atoms with E-state index in [1.165, 1.54) is 65.0 Å². The maximum atomic E-state index is 5.88. The largest absolute Gasteiger partial charge is 0.373 e. The van der Waals surface area contributed by atoms with Crippen LogP contribution < -0.4 is 0 Å². The Hall–Kier alpha value is -0.160. The van der Waals surface area contributed by atoms with E-state index in [0.717, 1.165) is 25.0 Å². The minimum absolute atomic E-state index is 0.393. The molecule has 0 amide bonds. The quantitative estimate of drug-likeness (QED) is 0.773. The molecule has 3 aliphatic heterocycles. The first kappa shape index (κ1) is 17.7. The fraction of sp³-hybridized carbons (Fsp3) is 1.00. The Balaban J connectivity index is 1.42. The molecule has 3 saturated heterocycles. The summed E-state index contributed by atoms with van der Waals surface area (Å²) >= 11 is 0. The van der Waals surface area contributed by atoms with Crippen LogP contribution in [0.15, 0.2) is 0 Å². The molecule has 134 valence electrons. The molecule has 0 aromatic rings. The van der Waals surface area contributed by atoms with Crippen LogP contribution in [0.4, 0.5) is 0 Å². The minimum Gasteiger partial charge on any atom is -0.373 e. The summed E-state index contributed by atoms with van der Waals surface area (Å²) in [5.74, 6) is 0.941. The van der Waals surface area contributed by atoms with Crippen molar-refractivity contribution in [3.05, 3.63) is 0 Å². The van der Waals surface area contributed by atoms with Crippen LogP contribution in [-0.4, -0.2) is 85.3 Å². The molecule has 0 bridgehead atoms. The van der Waals surface area contributed by atoms with E-state index in [1.54, 1.807) is 0 Å². The predicted molar refractivity (Wildman–Crippen MR) is 95.9 cm³/mol. The van der Waals surface area contributed by atoms with Crippen molar-refractivity contribution in [3.63, 3.8) is 0 Å². The van der Waals surface area contributed by atoms with Gasteiger partial charge < -0.3 is 9.64 Å². The number of likely N-dealkylation sites (tertiary alicyclic amines) is 2. The summed E-state index contributed by atoms with van der Waals surface area (Å²) < 4.78 is 5.88. The van der Waals surface area contributed by atoms with Gasteiger partial charge in [0.1, 0.15) is 0 Å². The summed E-state index contributed by atoms with van der Waals surface area (Å²) in [6, 6.07) is 0.774. The van der Waals surface area contributed by atoms with E-state index in [0.29, 0.717) is 12.2 Å². The lowest BCUT2D eigenvalue weighted by Crippen LogP contribution is -2.50. The average Bonchev–Trinajstić information content (AvgIpc) is 2.93. The number of nitrogens with zero attached hydrogens (tertiary/aromatic N) is 3. The van der Waals surface area contributed by atoms with E-state index < -0.39 is 0 Å². The van der Waals surface area contributed by atoms with Crippen LogP contribution in [0.3, 0.4) is 0 Å². The zero-order valence-electron chi connectivity index (χ0n) is 15.5. The van der Waals surface area contributed by atoms with Gasteiger partial charge in [-0.25, -0.2) is 0 Å². The fourth-order valence-electron chi connectivity index (χ4n) is 4.68. The second-order valence-corrected chi connectivity index (χ2v) is 8.33. The molecule has 3 fully saturated rings. The van der Waals surface area contributed by atoms with E-state index in [9.17, 15) is 0 Å². The first-order chi connectivity index (χ1) is 11.1. The first-order valence-corrected chi connectivity index (χ1v) is 9.94. The average molecular weight is 324 g/mol. The number of piperidine rings is 1. The third-order valence-corrected chi connectivity index (χ3v) is 6.04. The number of morpholine rings is 1. The monoisotopic (exact) mass is 323 g/mol. The third-order valence-electron chi connectivity index (χ3n) is 6.04.